The number of nitrogens with one attached hydrogen (secondary N) is 1. The van der Waals surface area contributed by atoms with E-state index >= 15 is 0 Å². The van der Waals surface area contributed by atoms with Crippen molar-refractivity contribution in [2.75, 3.05) is 11.9 Å². The Morgan fingerprint density at radius 1 is 1.41 bits per heavy atom. The Morgan fingerprint density at radius 2 is 2.18 bits per heavy atom. The van der Waals surface area contributed by atoms with Gasteiger partial charge in [0.1, 0.15) is 18.4 Å². The molecule has 0 spiro atoms. The molecule has 1 aromatic heterocycles. The van der Waals surface area contributed by atoms with Gasteiger partial charge in [-0.3, -0.25) is 9.36 Å². The van der Waals surface area contributed by atoms with Gasteiger partial charge in [0.2, 0.25) is 6.41 Å². The summed E-state index contributed by atoms with van der Waals surface area (Å²) < 4.78 is 7.14. The second-order valence-corrected chi connectivity index (χ2v) is 3.24. The van der Waals surface area contributed by atoms with Crippen LogP contribution in [0.1, 0.15) is 6.92 Å². The van der Waals surface area contributed by atoms with Gasteiger partial charge in [0.25, 0.3) is 0 Å². The van der Waals surface area contributed by atoms with E-state index in [-0.39, 0.29) is 0 Å². The number of benzene rings is 1. The molecule has 0 saturated heterocycles. The minimum atomic E-state index is 0.541. The van der Waals surface area contributed by atoms with Crippen LogP contribution in [0.25, 0.3) is 5.69 Å². The molecule has 6 heteroatoms. The van der Waals surface area contributed by atoms with E-state index in [0.717, 1.165) is 5.69 Å². The lowest BCUT2D eigenvalue weighted by molar-refractivity contribution is -0.105. The molecule has 88 valence electrons. The maximum atomic E-state index is 10.5. The standard InChI is InChI=1S/C11H12N4O2/c1-2-17-11-4-3-9(5-10(11)12-8-16)15-6-13-14-7-15/h3-8H,2H2,1H3,(H,12,16). The van der Waals surface area contributed by atoms with Crippen LogP contribution in [0.4, 0.5) is 5.69 Å². The first kappa shape index (κ1) is 11.1. The van der Waals surface area contributed by atoms with E-state index in [1.54, 1.807) is 29.4 Å². The lowest BCUT2D eigenvalue weighted by Crippen LogP contribution is -2.01. The monoisotopic (exact) mass is 232 g/mol. The molecule has 0 atom stereocenters. The molecular formula is C11H12N4O2. The predicted octanol–water partition coefficient (Wildman–Crippen LogP) is 1.23. The van der Waals surface area contributed by atoms with Crippen molar-refractivity contribution in [2.45, 2.75) is 6.92 Å². The van der Waals surface area contributed by atoms with Crippen molar-refractivity contribution in [1.29, 1.82) is 0 Å². The molecule has 17 heavy (non-hydrogen) atoms. The summed E-state index contributed by atoms with van der Waals surface area (Å²) in [7, 11) is 0. The number of nitrogens with zero attached hydrogens (tertiary/aromatic N) is 3. The molecule has 0 unspecified atom stereocenters. The summed E-state index contributed by atoms with van der Waals surface area (Å²) in [6, 6.07) is 5.46. The minimum Gasteiger partial charge on any atom is -0.492 e. The highest BCUT2D eigenvalue weighted by Crippen LogP contribution is 2.26. The number of carbonyl (C=O) groups excluding carboxylic acids is 1. The quantitative estimate of drug-likeness (QED) is 0.787. The van der Waals surface area contributed by atoms with Crippen LogP contribution in [0.15, 0.2) is 30.9 Å². The van der Waals surface area contributed by atoms with Gasteiger partial charge in [-0.1, -0.05) is 0 Å². The van der Waals surface area contributed by atoms with E-state index in [2.05, 4.69) is 15.5 Å². The molecule has 1 N–H and O–H groups in total. The van der Waals surface area contributed by atoms with E-state index in [4.69, 9.17) is 4.74 Å². The van der Waals surface area contributed by atoms with E-state index < -0.39 is 0 Å². The third-order valence-corrected chi connectivity index (χ3v) is 2.19. The number of carbonyl (C=O) groups is 1. The second-order valence-electron chi connectivity index (χ2n) is 3.24. The average molecular weight is 232 g/mol. The Labute approximate surface area is 98.2 Å². The molecule has 0 fully saturated rings. The Hall–Kier alpha value is -2.37. The summed E-state index contributed by atoms with van der Waals surface area (Å²) in [5.74, 6) is 0.636. The molecule has 0 aliphatic carbocycles. The third kappa shape index (κ3) is 2.41. The van der Waals surface area contributed by atoms with Crippen LogP contribution in [0.2, 0.25) is 0 Å². The number of amides is 1. The highest BCUT2D eigenvalue weighted by Gasteiger charge is 2.05. The highest BCUT2D eigenvalue weighted by atomic mass is 16.5. The van der Waals surface area contributed by atoms with Gasteiger partial charge >= 0.3 is 0 Å². The lowest BCUT2D eigenvalue weighted by atomic mass is 10.2. The fourth-order valence-electron chi connectivity index (χ4n) is 1.47. The van der Waals surface area contributed by atoms with Gasteiger partial charge in [-0.25, -0.2) is 0 Å². The molecule has 1 amide bonds. The summed E-state index contributed by atoms with van der Waals surface area (Å²) in [5.41, 5.74) is 1.47. The van der Waals surface area contributed by atoms with Crippen LogP contribution in [-0.4, -0.2) is 27.8 Å². The van der Waals surface area contributed by atoms with Crippen molar-refractivity contribution in [2.24, 2.45) is 0 Å². The van der Waals surface area contributed by atoms with E-state index in [9.17, 15) is 4.79 Å². The molecule has 6 nitrogen and oxygen atoms in total. The second kappa shape index (κ2) is 5.11. The van der Waals surface area contributed by atoms with Gasteiger partial charge in [-0.15, -0.1) is 10.2 Å². The third-order valence-electron chi connectivity index (χ3n) is 2.19. The molecular weight excluding hydrogens is 220 g/mol. The van der Waals surface area contributed by atoms with Gasteiger partial charge in [-0.2, -0.15) is 0 Å². The Kier molecular flexibility index (Phi) is 3.34. The molecule has 0 saturated carbocycles. The summed E-state index contributed by atoms with van der Waals surface area (Å²) >= 11 is 0. The zero-order valence-electron chi connectivity index (χ0n) is 9.33. The zero-order chi connectivity index (χ0) is 12.1. The topological polar surface area (TPSA) is 69.0 Å². The van der Waals surface area contributed by atoms with Crippen LogP contribution in [0, 0.1) is 0 Å². The fourth-order valence-corrected chi connectivity index (χ4v) is 1.47. The predicted molar refractivity (Wildman–Crippen MR) is 62.2 cm³/mol. The smallest absolute Gasteiger partial charge is 0.211 e. The number of anilines is 1. The van der Waals surface area contributed by atoms with Crippen molar-refractivity contribution in [1.82, 2.24) is 14.8 Å². The number of hydrogen-bond acceptors (Lipinski definition) is 4. The Morgan fingerprint density at radius 3 is 2.82 bits per heavy atom. The molecule has 0 radical (unpaired) electrons. The number of rotatable bonds is 5. The molecule has 2 rings (SSSR count). The lowest BCUT2D eigenvalue weighted by Gasteiger charge is -2.11. The van der Waals surface area contributed by atoms with Crippen LogP contribution >= 0.6 is 0 Å². The van der Waals surface area contributed by atoms with E-state index in [1.807, 2.05) is 13.0 Å². The Balaban J connectivity index is 2.37. The maximum absolute atomic E-state index is 10.5. The van der Waals surface area contributed by atoms with Gasteiger partial charge in [0.15, 0.2) is 0 Å². The van der Waals surface area contributed by atoms with Crippen molar-refractivity contribution in [3.05, 3.63) is 30.9 Å². The zero-order valence-corrected chi connectivity index (χ0v) is 9.33. The average Bonchev–Trinajstić information content (AvgIpc) is 2.85. The first-order valence-corrected chi connectivity index (χ1v) is 5.17. The van der Waals surface area contributed by atoms with Crippen LogP contribution in [0.3, 0.4) is 0 Å². The fraction of sp³-hybridized carbons (Fsp3) is 0.182. The van der Waals surface area contributed by atoms with Gasteiger partial charge in [0.05, 0.1) is 18.0 Å². The van der Waals surface area contributed by atoms with Crippen LogP contribution in [-0.2, 0) is 4.79 Å². The first-order valence-electron chi connectivity index (χ1n) is 5.17. The van der Waals surface area contributed by atoms with Crippen molar-refractivity contribution < 1.29 is 9.53 Å². The number of hydrogen-bond donors (Lipinski definition) is 1. The van der Waals surface area contributed by atoms with Gasteiger partial charge < -0.3 is 10.1 Å². The number of ether oxygens (including phenoxy) is 1. The SMILES string of the molecule is CCOc1ccc(-n2cnnc2)cc1NC=O. The number of aromatic nitrogens is 3. The summed E-state index contributed by atoms with van der Waals surface area (Å²) in [5, 5.41) is 10.1. The molecule has 0 aliphatic heterocycles. The maximum Gasteiger partial charge on any atom is 0.211 e. The van der Waals surface area contributed by atoms with Crippen molar-refractivity contribution >= 4 is 12.1 Å². The minimum absolute atomic E-state index is 0.541. The largest absolute Gasteiger partial charge is 0.492 e. The van der Waals surface area contributed by atoms with Gasteiger partial charge in [-0.05, 0) is 25.1 Å². The summed E-state index contributed by atoms with van der Waals surface area (Å²) in [4.78, 5) is 10.5. The van der Waals surface area contributed by atoms with Gasteiger partial charge in [0, 0.05) is 0 Å². The normalized spacial score (nSPS) is 9.94. The Bertz CT molecular complexity index is 496. The van der Waals surface area contributed by atoms with E-state index in [1.165, 1.54) is 0 Å². The van der Waals surface area contributed by atoms with Crippen LogP contribution in [0.5, 0.6) is 5.75 Å². The van der Waals surface area contributed by atoms with E-state index in [0.29, 0.717) is 24.5 Å². The summed E-state index contributed by atoms with van der Waals surface area (Å²) in [6.07, 6.45) is 3.79. The first-order chi connectivity index (χ1) is 8.35. The van der Waals surface area contributed by atoms with Crippen LogP contribution < -0.4 is 10.1 Å². The highest BCUT2D eigenvalue weighted by molar-refractivity contribution is 5.76. The van der Waals surface area contributed by atoms with Crippen molar-refractivity contribution in [3.63, 3.8) is 0 Å². The molecule has 0 aliphatic rings. The van der Waals surface area contributed by atoms with Crippen molar-refractivity contribution in [3.8, 4) is 11.4 Å². The molecule has 2 aromatic rings. The summed E-state index contributed by atoms with van der Waals surface area (Å²) in [6.45, 7) is 2.43. The molecule has 1 heterocycles. The molecule has 1 aromatic carbocycles. The molecule has 0 bridgehead atoms.